The zero-order valence-corrected chi connectivity index (χ0v) is 9.74. The zero-order chi connectivity index (χ0) is 12.0. The van der Waals surface area contributed by atoms with Gasteiger partial charge >= 0.3 is 6.18 Å². The summed E-state index contributed by atoms with van der Waals surface area (Å²) in [7, 11) is 0. The van der Waals surface area contributed by atoms with Gasteiger partial charge in [0.05, 0.1) is 0 Å². The monoisotopic (exact) mass is 235 g/mol. The summed E-state index contributed by atoms with van der Waals surface area (Å²) in [6.07, 6.45) is 1.57. The Labute approximate surface area is 95.1 Å². The van der Waals surface area contributed by atoms with Crippen LogP contribution in [-0.4, -0.2) is 18.8 Å². The predicted octanol–water partition coefficient (Wildman–Crippen LogP) is 3.81. The summed E-state index contributed by atoms with van der Waals surface area (Å²) in [5, 5.41) is 3.22. The van der Waals surface area contributed by atoms with Crippen molar-refractivity contribution >= 4 is 0 Å². The summed E-state index contributed by atoms with van der Waals surface area (Å²) in [5.74, 6) is 0. The van der Waals surface area contributed by atoms with Crippen molar-refractivity contribution in [3.05, 3.63) is 11.6 Å². The van der Waals surface area contributed by atoms with Gasteiger partial charge in [0.15, 0.2) is 0 Å². The minimum absolute atomic E-state index is 0.0657. The van der Waals surface area contributed by atoms with E-state index in [1.54, 1.807) is 0 Å². The van der Waals surface area contributed by atoms with Crippen molar-refractivity contribution in [1.82, 2.24) is 5.32 Å². The molecule has 1 aliphatic rings. The molecular weight excluding hydrogens is 215 g/mol. The van der Waals surface area contributed by atoms with Crippen LogP contribution in [0.4, 0.5) is 13.2 Å². The first-order chi connectivity index (χ1) is 7.53. The molecule has 16 heavy (non-hydrogen) atoms. The highest BCUT2D eigenvalue weighted by atomic mass is 19.4. The van der Waals surface area contributed by atoms with Crippen molar-refractivity contribution < 1.29 is 13.2 Å². The third-order valence-corrected chi connectivity index (χ3v) is 2.88. The predicted molar refractivity (Wildman–Crippen MR) is 59.3 cm³/mol. The highest BCUT2D eigenvalue weighted by molar-refractivity contribution is 5.15. The quantitative estimate of drug-likeness (QED) is 0.690. The number of hydrogen-bond acceptors (Lipinski definition) is 1. The van der Waals surface area contributed by atoms with Crippen molar-refractivity contribution in [1.29, 1.82) is 0 Å². The van der Waals surface area contributed by atoms with E-state index in [2.05, 4.69) is 11.4 Å². The van der Waals surface area contributed by atoms with Gasteiger partial charge in [0.25, 0.3) is 0 Å². The second-order valence-corrected chi connectivity index (χ2v) is 4.33. The van der Waals surface area contributed by atoms with E-state index in [0.717, 1.165) is 32.2 Å². The van der Waals surface area contributed by atoms with Crippen LogP contribution in [-0.2, 0) is 0 Å². The Kier molecular flexibility index (Phi) is 5.32. The fourth-order valence-corrected chi connectivity index (χ4v) is 2.06. The molecule has 0 amide bonds. The largest absolute Gasteiger partial charge is 0.389 e. The Bertz CT molecular complexity index is 233. The van der Waals surface area contributed by atoms with E-state index in [0.29, 0.717) is 0 Å². The number of halogens is 3. The second kappa shape index (κ2) is 6.28. The van der Waals surface area contributed by atoms with E-state index in [1.165, 1.54) is 5.57 Å². The lowest BCUT2D eigenvalue weighted by atomic mass is 10.0. The van der Waals surface area contributed by atoms with Gasteiger partial charge in [0, 0.05) is 12.5 Å². The van der Waals surface area contributed by atoms with Crippen LogP contribution < -0.4 is 5.32 Å². The molecule has 1 rings (SSSR count). The Morgan fingerprint density at radius 1 is 1.44 bits per heavy atom. The van der Waals surface area contributed by atoms with Crippen LogP contribution in [0, 0.1) is 0 Å². The minimum Gasteiger partial charge on any atom is -0.310 e. The normalized spacial score (nSPS) is 18.6. The zero-order valence-electron chi connectivity index (χ0n) is 9.74. The summed E-state index contributed by atoms with van der Waals surface area (Å²) in [6, 6.07) is -0.0657. The molecule has 0 fully saturated rings. The molecule has 1 nitrogen and oxygen atoms in total. The Hall–Kier alpha value is -0.510. The SMILES string of the molecule is CCCNC(CCC(F)(F)F)C1=CCCC1. The van der Waals surface area contributed by atoms with Crippen LogP contribution in [0.2, 0.25) is 0 Å². The number of allylic oxidation sites excluding steroid dienone is 1. The van der Waals surface area contributed by atoms with Crippen molar-refractivity contribution in [3.63, 3.8) is 0 Å². The van der Waals surface area contributed by atoms with Crippen molar-refractivity contribution in [2.75, 3.05) is 6.54 Å². The molecule has 0 aromatic rings. The smallest absolute Gasteiger partial charge is 0.310 e. The number of nitrogens with one attached hydrogen (secondary N) is 1. The average molecular weight is 235 g/mol. The van der Waals surface area contributed by atoms with Crippen molar-refractivity contribution in [3.8, 4) is 0 Å². The van der Waals surface area contributed by atoms with Crippen LogP contribution in [0.1, 0.15) is 45.4 Å². The lowest BCUT2D eigenvalue weighted by Gasteiger charge is -2.20. The van der Waals surface area contributed by atoms with E-state index in [4.69, 9.17) is 0 Å². The molecule has 94 valence electrons. The number of hydrogen-bond donors (Lipinski definition) is 1. The summed E-state index contributed by atoms with van der Waals surface area (Å²) in [4.78, 5) is 0. The molecule has 0 aliphatic heterocycles. The van der Waals surface area contributed by atoms with Gasteiger partial charge in [-0.3, -0.25) is 0 Å². The van der Waals surface area contributed by atoms with Crippen LogP contribution >= 0.6 is 0 Å². The molecule has 0 aromatic carbocycles. The molecule has 0 bridgehead atoms. The third-order valence-electron chi connectivity index (χ3n) is 2.88. The fraction of sp³-hybridized carbons (Fsp3) is 0.833. The summed E-state index contributed by atoms with van der Waals surface area (Å²) in [5.41, 5.74) is 1.18. The molecular formula is C12H20F3N. The standard InChI is InChI=1S/C12H20F3N/c1-2-9-16-11(7-8-12(13,14)15)10-5-3-4-6-10/h5,11,16H,2-4,6-9H2,1H3. The van der Waals surface area contributed by atoms with Crippen molar-refractivity contribution in [2.45, 2.75) is 57.7 Å². The molecule has 0 saturated carbocycles. The maximum absolute atomic E-state index is 12.2. The molecule has 0 spiro atoms. The van der Waals surface area contributed by atoms with Gasteiger partial charge in [-0.15, -0.1) is 0 Å². The first-order valence-corrected chi connectivity index (χ1v) is 6.02. The van der Waals surface area contributed by atoms with Crippen molar-refractivity contribution in [2.24, 2.45) is 0 Å². The molecule has 1 unspecified atom stereocenters. The molecule has 0 heterocycles. The number of rotatable bonds is 6. The van der Waals surface area contributed by atoms with Crippen LogP contribution in [0.15, 0.2) is 11.6 Å². The first-order valence-electron chi connectivity index (χ1n) is 6.02. The lowest BCUT2D eigenvalue weighted by molar-refractivity contribution is -0.136. The van der Waals surface area contributed by atoms with Gasteiger partial charge in [-0.05, 0) is 38.6 Å². The number of alkyl halides is 3. The average Bonchev–Trinajstić information content (AvgIpc) is 2.69. The molecule has 4 heteroatoms. The van der Waals surface area contributed by atoms with Crippen LogP contribution in [0.25, 0.3) is 0 Å². The summed E-state index contributed by atoms with van der Waals surface area (Å²) < 4.78 is 36.5. The molecule has 1 aliphatic carbocycles. The maximum Gasteiger partial charge on any atom is 0.389 e. The molecule has 0 radical (unpaired) electrons. The van der Waals surface area contributed by atoms with E-state index in [1.807, 2.05) is 6.92 Å². The van der Waals surface area contributed by atoms with E-state index in [9.17, 15) is 13.2 Å². The Morgan fingerprint density at radius 2 is 2.19 bits per heavy atom. The van der Waals surface area contributed by atoms with Crippen LogP contribution in [0.5, 0.6) is 0 Å². The third kappa shape index (κ3) is 5.01. The molecule has 0 saturated heterocycles. The summed E-state index contributed by atoms with van der Waals surface area (Å²) >= 11 is 0. The topological polar surface area (TPSA) is 12.0 Å². The van der Waals surface area contributed by atoms with E-state index >= 15 is 0 Å². The minimum atomic E-state index is -4.04. The summed E-state index contributed by atoms with van der Waals surface area (Å²) in [6.45, 7) is 2.82. The lowest BCUT2D eigenvalue weighted by Crippen LogP contribution is -2.32. The first kappa shape index (κ1) is 13.6. The van der Waals surface area contributed by atoms with Gasteiger partial charge in [-0.25, -0.2) is 0 Å². The molecule has 1 atom stereocenters. The highest BCUT2D eigenvalue weighted by Gasteiger charge is 2.29. The van der Waals surface area contributed by atoms with Gasteiger partial charge < -0.3 is 5.32 Å². The second-order valence-electron chi connectivity index (χ2n) is 4.33. The fourth-order valence-electron chi connectivity index (χ4n) is 2.06. The van der Waals surface area contributed by atoms with Gasteiger partial charge in [0.2, 0.25) is 0 Å². The van der Waals surface area contributed by atoms with Gasteiger partial charge in [-0.1, -0.05) is 18.6 Å². The Balaban J connectivity index is 2.43. The molecule has 0 aromatic heterocycles. The Morgan fingerprint density at radius 3 is 2.69 bits per heavy atom. The van der Waals surface area contributed by atoms with Crippen LogP contribution in [0.3, 0.4) is 0 Å². The van der Waals surface area contributed by atoms with E-state index in [-0.39, 0.29) is 12.5 Å². The van der Waals surface area contributed by atoms with Gasteiger partial charge in [0.1, 0.15) is 0 Å². The van der Waals surface area contributed by atoms with E-state index < -0.39 is 12.6 Å². The maximum atomic E-state index is 12.2. The van der Waals surface area contributed by atoms with Gasteiger partial charge in [-0.2, -0.15) is 13.2 Å². The highest BCUT2D eigenvalue weighted by Crippen LogP contribution is 2.28. The molecule has 1 N–H and O–H groups in total.